The first-order valence-electron chi connectivity index (χ1n) is 11.7. The number of hydrogen-bond donors (Lipinski definition) is 1. The van der Waals surface area contributed by atoms with E-state index in [1.807, 2.05) is 0 Å². The number of nitrogens with zero attached hydrogens (tertiary/aromatic N) is 2. The van der Waals surface area contributed by atoms with Crippen molar-refractivity contribution >= 4 is 39.1 Å². The van der Waals surface area contributed by atoms with Crippen LogP contribution in [0.5, 0.6) is 0 Å². The molecule has 0 saturated heterocycles. The Hall–Kier alpha value is -3.57. The number of anilines is 1. The van der Waals surface area contributed by atoms with E-state index in [1.54, 1.807) is 60.7 Å². The lowest BCUT2D eigenvalue weighted by atomic mass is 10.0. The van der Waals surface area contributed by atoms with Crippen LogP contribution >= 0.6 is 11.6 Å². The molecular weight excluding hydrogens is 555 g/mol. The molecule has 1 N–H and O–H groups in total. The van der Waals surface area contributed by atoms with Gasteiger partial charge in [0.2, 0.25) is 21.8 Å². The molecule has 0 aliphatic rings. The highest BCUT2D eigenvalue weighted by molar-refractivity contribution is 7.92. The second kappa shape index (κ2) is 12.5. The zero-order valence-electron chi connectivity index (χ0n) is 21.2. The minimum absolute atomic E-state index is 0.0570. The molecule has 3 aromatic rings. The van der Waals surface area contributed by atoms with Crippen LogP contribution in [-0.2, 0) is 38.8 Å². The number of amides is 2. The van der Waals surface area contributed by atoms with E-state index >= 15 is 0 Å². The van der Waals surface area contributed by atoms with E-state index < -0.39 is 51.9 Å². The van der Waals surface area contributed by atoms with Gasteiger partial charge in [-0.1, -0.05) is 72.3 Å². The third-order valence-electron chi connectivity index (χ3n) is 5.93. The maximum Gasteiger partial charge on any atom is 0.416 e. The number of carbonyl (C=O) groups excluding carboxylic acids is 2. The molecule has 0 fully saturated rings. The van der Waals surface area contributed by atoms with Crippen molar-refractivity contribution in [2.24, 2.45) is 0 Å². The number of likely N-dealkylation sites (N-methyl/N-ethyl adjacent to an activating group) is 1. The Bertz CT molecular complexity index is 1400. The van der Waals surface area contributed by atoms with Crippen molar-refractivity contribution in [1.29, 1.82) is 0 Å². The first kappa shape index (κ1) is 30.0. The number of benzene rings is 3. The monoisotopic (exact) mass is 581 g/mol. The van der Waals surface area contributed by atoms with E-state index in [1.165, 1.54) is 11.9 Å². The van der Waals surface area contributed by atoms with Gasteiger partial charge in [-0.3, -0.25) is 13.9 Å². The molecular formula is C27H27ClF3N3O4S. The minimum atomic E-state index is -4.77. The van der Waals surface area contributed by atoms with E-state index in [0.717, 1.165) is 24.0 Å². The normalized spacial score (nSPS) is 12.5. The molecule has 3 aromatic carbocycles. The fourth-order valence-electron chi connectivity index (χ4n) is 3.98. The van der Waals surface area contributed by atoms with E-state index in [4.69, 9.17) is 11.6 Å². The van der Waals surface area contributed by atoms with Gasteiger partial charge >= 0.3 is 6.18 Å². The first-order valence-corrected chi connectivity index (χ1v) is 14.0. The smallest absolute Gasteiger partial charge is 0.357 e. The van der Waals surface area contributed by atoms with Gasteiger partial charge in [0.1, 0.15) is 12.6 Å². The van der Waals surface area contributed by atoms with Crippen LogP contribution in [0.4, 0.5) is 18.9 Å². The Labute approximate surface area is 230 Å². The Morgan fingerprint density at radius 3 is 2.03 bits per heavy atom. The Kier molecular flexibility index (Phi) is 9.63. The van der Waals surface area contributed by atoms with E-state index in [2.05, 4.69) is 5.32 Å². The molecule has 0 aliphatic heterocycles. The SMILES string of the molecule is CNC(=O)[C@H](Cc1ccccc1)N(Cc1ccccc1)C(=O)CN(c1cc(C(F)(F)F)ccc1Cl)S(C)(=O)=O. The van der Waals surface area contributed by atoms with Gasteiger partial charge in [0.15, 0.2) is 0 Å². The highest BCUT2D eigenvalue weighted by atomic mass is 35.5. The van der Waals surface area contributed by atoms with E-state index in [-0.39, 0.29) is 18.0 Å². The molecule has 1 atom stereocenters. The third-order valence-corrected chi connectivity index (χ3v) is 7.38. The second-order valence-electron chi connectivity index (χ2n) is 8.76. The molecule has 0 heterocycles. The second-order valence-corrected chi connectivity index (χ2v) is 11.1. The summed E-state index contributed by atoms with van der Waals surface area (Å²) in [5, 5.41) is 2.26. The van der Waals surface area contributed by atoms with Crippen LogP contribution in [-0.4, -0.2) is 51.0 Å². The molecule has 0 saturated carbocycles. The molecule has 39 heavy (non-hydrogen) atoms. The highest BCUT2D eigenvalue weighted by Gasteiger charge is 2.35. The maximum atomic E-state index is 13.8. The van der Waals surface area contributed by atoms with E-state index in [9.17, 15) is 31.2 Å². The number of sulfonamides is 1. The van der Waals surface area contributed by atoms with Crippen LogP contribution in [0.25, 0.3) is 0 Å². The zero-order valence-corrected chi connectivity index (χ0v) is 22.7. The summed E-state index contributed by atoms with van der Waals surface area (Å²) in [5.41, 5.74) is -0.216. The van der Waals surface area contributed by atoms with Crippen LogP contribution in [0.2, 0.25) is 5.02 Å². The summed E-state index contributed by atoms with van der Waals surface area (Å²) < 4.78 is 66.2. The summed E-state index contributed by atoms with van der Waals surface area (Å²) in [5.74, 6) is -1.30. The summed E-state index contributed by atoms with van der Waals surface area (Å²) in [6, 6.07) is 18.8. The zero-order chi connectivity index (χ0) is 28.8. The van der Waals surface area contributed by atoms with Gasteiger partial charge in [-0.15, -0.1) is 0 Å². The maximum absolute atomic E-state index is 13.8. The minimum Gasteiger partial charge on any atom is -0.357 e. The number of alkyl halides is 3. The van der Waals surface area contributed by atoms with Gasteiger partial charge in [-0.2, -0.15) is 13.2 Å². The first-order chi connectivity index (χ1) is 18.3. The Morgan fingerprint density at radius 1 is 0.949 bits per heavy atom. The predicted molar refractivity (Wildman–Crippen MR) is 144 cm³/mol. The summed E-state index contributed by atoms with van der Waals surface area (Å²) in [6.45, 7) is -0.937. The average Bonchev–Trinajstić information content (AvgIpc) is 2.89. The van der Waals surface area contributed by atoms with Gasteiger partial charge in [0.25, 0.3) is 0 Å². The number of nitrogens with one attached hydrogen (secondary N) is 1. The lowest BCUT2D eigenvalue weighted by Crippen LogP contribution is -2.52. The average molecular weight is 582 g/mol. The number of rotatable bonds is 10. The molecule has 0 unspecified atom stereocenters. The molecule has 0 aromatic heterocycles. The van der Waals surface area contributed by atoms with Crippen molar-refractivity contribution in [3.8, 4) is 0 Å². The predicted octanol–water partition coefficient (Wildman–Crippen LogP) is 4.51. The van der Waals surface area contributed by atoms with Gasteiger partial charge in [0, 0.05) is 20.0 Å². The number of halogens is 4. The third kappa shape index (κ3) is 7.96. The molecule has 208 valence electrons. The molecule has 3 rings (SSSR count). The molecule has 0 spiro atoms. The lowest BCUT2D eigenvalue weighted by Gasteiger charge is -2.33. The summed E-state index contributed by atoms with van der Waals surface area (Å²) in [6.07, 6.45) is -3.90. The van der Waals surface area contributed by atoms with Crippen LogP contribution in [0.15, 0.2) is 78.9 Å². The van der Waals surface area contributed by atoms with Crippen LogP contribution < -0.4 is 9.62 Å². The lowest BCUT2D eigenvalue weighted by molar-refractivity contribution is -0.139. The number of hydrogen-bond acceptors (Lipinski definition) is 4. The molecule has 0 radical (unpaired) electrons. The van der Waals surface area contributed by atoms with Crippen LogP contribution in [0.3, 0.4) is 0 Å². The molecule has 0 bridgehead atoms. The Morgan fingerprint density at radius 2 is 1.51 bits per heavy atom. The quantitative estimate of drug-likeness (QED) is 0.382. The van der Waals surface area contributed by atoms with E-state index in [0.29, 0.717) is 15.9 Å². The van der Waals surface area contributed by atoms with Crippen molar-refractivity contribution < 1.29 is 31.2 Å². The fourth-order valence-corrected chi connectivity index (χ4v) is 5.10. The van der Waals surface area contributed by atoms with Gasteiger partial charge in [-0.05, 0) is 29.3 Å². The summed E-state index contributed by atoms with van der Waals surface area (Å²) >= 11 is 6.12. The number of carbonyl (C=O) groups is 2. The molecule has 12 heteroatoms. The molecule has 2 amide bonds. The summed E-state index contributed by atoms with van der Waals surface area (Å²) in [4.78, 5) is 28.1. The van der Waals surface area contributed by atoms with Crippen molar-refractivity contribution in [1.82, 2.24) is 10.2 Å². The molecule has 7 nitrogen and oxygen atoms in total. The summed E-state index contributed by atoms with van der Waals surface area (Å²) in [7, 11) is -2.87. The fraction of sp³-hybridized carbons (Fsp3) is 0.259. The van der Waals surface area contributed by atoms with Gasteiger partial charge in [-0.25, -0.2) is 8.42 Å². The molecule has 0 aliphatic carbocycles. The highest BCUT2D eigenvalue weighted by Crippen LogP contribution is 2.36. The largest absolute Gasteiger partial charge is 0.416 e. The van der Waals surface area contributed by atoms with Crippen LogP contribution in [0.1, 0.15) is 16.7 Å². The topological polar surface area (TPSA) is 86.8 Å². The Balaban J connectivity index is 2.07. The van der Waals surface area contributed by atoms with Crippen molar-refractivity contribution in [2.45, 2.75) is 25.2 Å². The van der Waals surface area contributed by atoms with Gasteiger partial charge < -0.3 is 10.2 Å². The standard InChI is InChI=1S/C27H27ClF3N3O4S/c1-32-26(36)24(15-19-9-5-3-6-10-19)33(17-20-11-7-4-8-12-20)25(35)18-34(39(2,37)38)23-16-21(27(29,30)31)13-14-22(23)28/h3-14,16,24H,15,17-18H2,1-2H3,(H,32,36)/t24-/m0/s1. The van der Waals surface area contributed by atoms with Crippen molar-refractivity contribution in [3.05, 3.63) is 101 Å². The van der Waals surface area contributed by atoms with Gasteiger partial charge in [0.05, 0.1) is 22.5 Å². The van der Waals surface area contributed by atoms with Crippen molar-refractivity contribution in [2.75, 3.05) is 24.2 Å². The van der Waals surface area contributed by atoms with Crippen molar-refractivity contribution in [3.63, 3.8) is 0 Å². The van der Waals surface area contributed by atoms with Crippen LogP contribution in [0, 0.1) is 0 Å².